The van der Waals surface area contributed by atoms with Gasteiger partial charge in [-0.2, -0.15) is 0 Å². The first-order valence-corrected chi connectivity index (χ1v) is 14.7. The molecule has 1 saturated carbocycles. The maximum absolute atomic E-state index is 13.7. The molecule has 1 unspecified atom stereocenters. The van der Waals surface area contributed by atoms with Crippen LogP contribution >= 0.6 is 11.3 Å². The van der Waals surface area contributed by atoms with E-state index in [-0.39, 0.29) is 29.8 Å². The molecule has 1 aromatic heterocycles. The molecule has 2 saturated heterocycles. The summed E-state index contributed by atoms with van der Waals surface area (Å²) in [5.74, 6) is -1.21. The third kappa shape index (κ3) is 6.02. The van der Waals surface area contributed by atoms with Crippen molar-refractivity contribution in [2.75, 3.05) is 0 Å². The van der Waals surface area contributed by atoms with Gasteiger partial charge >= 0.3 is 5.97 Å². The highest BCUT2D eigenvalue weighted by atomic mass is 32.1. The van der Waals surface area contributed by atoms with Gasteiger partial charge in [0.25, 0.3) is 0 Å². The number of epoxide rings is 1. The van der Waals surface area contributed by atoms with E-state index in [2.05, 4.69) is 11.9 Å². The Morgan fingerprint density at radius 1 is 1.24 bits per heavy atom. The van der Waals surface area contributed by atoms with Gasteiger partial charge in [0.2, 0.25) is 0 Å². The lowest BCUT2D eigenvalue weighted by molar-refractivity contribution is -0.162. The van der Waals surface area contributed by atoms with Crippen LogP contribution in [0.5, 0.6) is 0 Å². The van der Waals surface area contributed by atoms with E-state index in [0.29, 0.717) is 25.7 Å². The Kier molecular flexibility index (Phi) is 8.63. The van der Waals surface area contributed by atoms with Crippen LogP contribution in [-0.2, 0) is 19.1 Å². The number of hydrogen-bond acceptors (Lipinski definition) is 8. The molecule has 4 rings (SSSR count). The van der Waals surface area contributed by atoms with Gasteiger partial charge in [-0.3, -0.25) is 9.59 Å². The van der Waals surface area contributed by atoms with Gasteiger partial charge in [-0.1, -0.05) is 26.7 Å². The van der Waals surface area contributed by atoms with Crippen LogP contribution in [0.15, 0.2) is 11.0 Å². The van der Waals surface area contributed by atoms with Crippen LogP contribution in [0.3, 0.4) is 0 Å². The van der Waals surface area contributed by atoms with Crippen molar-refractivity contribution in [1.82, 2.24) is 4.98 Å². The predicted octanol–water partition coefficient (Wildman–Crippen LogP) is 5.01. The molecule has 1 spiro atoms. The number of aliphatic hydroxyl groups is 2. The van der Waals surface area contributed by atoms with Crippen molar-refractivity contribution < 1.29 is 29.3 Å². The topological polar surface area (TPSA) is 109 Å². The molecule has 7 atom stereocenters. The Labute approximate surface area is 224 Å². The SMILES string of the molecule is CC[C@@H]1C(=O)C2(CCC2)[C@@H](O)CC(=O)O[C@@H](/C(C)=C/c2csc(C)n2)CC2O[C@]2(C)CCC[C@H](C)[C@H]1O. The van der Waals surface area contributed by atoms with Gasteiger partial charge in [0.05, 0.1) is 46.5 Å². The summed E-state index contributed by atoms with van der Waals surface area (Å²) >= 11 is 1.57. The summed E-state index contributed by atoms with van der Waals surface area (Å²) in [7, 11) is 0. The van der Waals surface area contributed by atoms with Gasteiger partial charge < -0.3 is 19.7 Å². The zero-order valence-corrected chi connectivity index (χ0v) is 23.7. The molecule has 2 N–H and O–H groups in total. The Hall–Kier alpha value is -1.61. The summed E-state index contributed by atoms with van der Waals surface area (Å²) in [6.07, 6.45) is 4.74. The smallest absolute Gasteiger partial charge is 0.309 e. The minimum Gasteiger partial charge on any atom is -0.458 e. The van der Waals surface area contributed by atoms with Crippen LogP contribution in [0.4, 0.5) is 0 Å². The molecule has 3 fully saturated rings. The number of ether oxygens (including phenoxy) is 2. The molecular formula is C29H43NO6S. The van der Waals surface area contributed by atoms with E-state index >= 15 is 0 Å². The van der Waals surface area contributed by atoms with Crippen molar-refractivity contribution in [2.45, 2.75) is 122 Å². The summed E-state index contributed by atoms with van der Waals surface area (Å²) in [6, 6.07) is 0. The minimum atomic E-state index is -1.13. The molecule has 8 heteroatoms. The Balaban J connectivity index is 1.59. The molecular weight excluding hydrogens is 490 g/mol. The van der Waals surface area contributed by atoms with E-state index in [1.54, 1.807) is 11.3 Å². The molecule has 7 nitrogen and oxygen atoms in total. The predicted molar refractivity (Wildman–Crippen MR) is 143 cm³/mol. The average molecular weight is 534 g/mol. The maximum atomic E-state index is 13.7. The Bertz CT molecular complexity index is 1020. The van der Waals surface area contributed by atoms with E-state index < -0.39 is 35.6 Å². The first-order chi connectivity index (χ1) is 17.5. The molecule has 37 heavy (non-hydrogen) atoms. The molecule has 0 bridgehead atoms. The normalized spacial score (nSPS) is 37.5. The fourth-order valence-electron chi connectivity index (χ4n) is 6.26. The van der Waals surface area contributed by atoms with E-state index in [1.165, 1.54) is 0 Å². The van der Waals surface area contributed by atoms with Gasteiger partial charge in [0.1, 0.15) is 11.9 Å². The summed E-state index contributed by atoms with van der Waals surface area (Å²) in [4.78, 5) is 31.4. The van der Waals surface area contributed by atoms with Crippen molar-refractivity contribution in [3.05, 3.63) is 21.7 Å². The van der Waals surface area contributed by atoms with Crippen LogP contribution in [-0.4, -0.2) is 57.0 Å². The highest BCUT2D eigenvalue weighted by Gasteiger charge is 2.55. The second-order valence-corrected chi connectivity index (χ2v) is 12.8. The summed E-state index contributed by atoms with van der Waals surface area (Å²) < 4.78 is 12.1. The van der Waals surface area contributed by atoms with Gasteiger partial charge in [-0.05, 0) is 70.4 Å². The molecule has 0 amide bonds. The zero-order chi connectivity index (χ0) is 27.0. The van der Waals surface area contributed by atoms with Crippen molar-refractivity contribution in [1.29, 1.82) is 0 Å². The number of carbonyl (C=O) groups is 2. The number of rotatable bonds is 3. The number of ketones is 1. The minimum absolute atomic E-state index is 0.0354. The fraction of sp³-hybridized carbons (Fsp3) is 0.759. The van der Waals surface area contributed by atoms with Gasteiger partial charge in [-0.25, -0.2) is 4.98 Å². The second-order valence-electron chi connectivity index (χ2n) is 11.8. The van der Waals surface area contributed by atoms with E-state index in [4.69, 9.17) is 9.47 Å². The number of aryl methyl sites for hydroxylation is 1. The van der Waals surface area contributed by atoms with E-state index in [9.17, 15) is 19.8 Å². The number of cyclic esters (lactones) is 1. The summed E-state index contributed by atoms with van der Waals surface area (Å²) in [5, 5.41) is 25.3. The quantitative estimate of drug-likeness (QED) is 0.415. The van der Waals surface area contributed by atoms with E-state index in [1.807, 2.05) is 39.2 Å². The average Bonchev–Trinajstić information content (AvgIpc) is 3.24. The van der Waals surface area contributed by atoms with Gasteiger partial charge in [0.15, 0.2) is 0 Å². The van der Waals surface area contributed by atoms with Crippen LogP contribution in [0.2, 0.25) is 0 Å². The third-order valence-electron chi connectivity index (χ3n) is 9.10. The molecule has 1 aromatic rings. The number of aliphatic hydroxyl groups excluding tert-OH is 2. The number of carbonyl (C=O) groups excluding carboxylic acids is 2. The summed E-state index contributed by atoms with van der Waals surface area (Å²) in [5.41, 5.74) is 0.442. The lowest BCUT2D eigenvalue weighted by atomic mass is 9.58. The number of hydrogen-bond donors (Lipinski definition) is 2. The van der Waals surface area contributed by atoms with Crippen molar-refractivity contribution in [3.63, 3.8) is 0 Å². The van der Waals surface area contributed by atoms with Gasteiger partial charge in [-0.15, -0.1) is 11.3 Å². The highest BCUT2D eigenvalue weighted by molar-refractivity contribution is 7.09. The summed E-state index contributed by atoms with van der Waals surface area (Å²) in [6.45, 7) is 9.90. The number of aromatic nitrogens is 1. The van der Waals surface area contributed by atoms with Crippen LogP contribution in [0, 0.1) is 24.2 Å². The molecule has 3 heterocycles. The number of nitrogens with zero attached hydrogens (tertiary/aromatic N) is 1. The lowest BCUT2D eigenvalue weighted by Crippen LogP contribution is -2.53. The first kappa shape index (κ1) is 28.4. The largest absolute Gasteiger partial charge is 0.458 e. The van der Waals surface area contributed by atoms with Crippen LogP contribution in [0.1, 0.15) is 96.2 Å². The molecule has 1 aliphatic carbocycles. The Morgan fingerprint density at radius 3 is 2.57 bits per heavy atom. The number of Topliss-reactive ketones (excluding diaryl/α,β-unsaturated/α-hetero) is 1. The van der Waals surface area contributed by atoms with Crippen molar-refractivity contribution in [3.8, 4) is 0 Å². The maximum Gasteiger partial charge on any atom is 0.309 e. The molecule has 0 aromatic carbocycles. The second kappa shape index (κ2) is 11.2. The fourth-order valence-corrected chi connectivity index (χ4v) is 6.83. The van der Waals surface area contributed by atoms with Crippen LogP contribution in [0.25, 0.3) is 6.08 Å². The Morgan fingerprint density at radius 2 is 1.97 bits per heavy atom. The van der Waals surface area contributed by atoms with Crippen molar-refractivity contribution >= 4 is 29.2 Å². The molecule has 3 aliphatic rings. The lowest BCUT2D eigenvalue weighted by Gasteiger charge is -2.46. The van der Waals surface area contributed by atoms with Gasteiger partial charge in [0, 0.05) is 17.7 Å². The number of esters is 1. The first-order valence-electron chi connectivity index (χ1n) is 13.9. The van der Waals surface area contributed by atoms with Crippen molar-refractivity contribution in [2.24, 2.45) is 17.3 Å². The molecule has 0 radical (unpaired) electrons. The highest BCUT2D eigenvalue weighted by Crippen LogP contribution is 2.49. The number of thiazole rings is 1. The third-order valence-corrected chi connectivity index (χ3v) is 9.89. The van der Waals surface area contributed by atoms with E-state index in [0.717, 1.165) is 42.0 Å². The number of fused-ring (bicyclic) bond motifs is 1. The standard InChI is InChI=1S/C29H43NO6S/c1-6-21-26(33)17(2)9-7-10-28(5)24(36-28)14-22(18(3)13-20-16-37-19(4)30-20)35-25(32)15-23(31)29(27(21)34)11-8-12-29/h13,16-17,21-24,26,31,33H,6-12,14-15H2,1-5H3/b18-13+/t17-,21-,22+,23-,24?,26+,28+/m0/s1. The monoisotopic (exact) mass is 533 g/mol. The molecule has 2 aliphatic heterocycles. The van der Waals surface area contributed by atoms with Crippen LogP contribution < -0.4 is 0 Å². The molecule has 206 valence electrons. The zero-order valence-electron chi connectivity index (χ0n) is 22.9.